The van der Waals surface area contributed by atoms with E-state index in [1.54, 1.807) is 0 Å². The first-order chi connectivity index (χ1) is 8.69. The summed E-state index contributed by atoms with van der Waals surface area (Å²) in [4.78, 5) is 3.75. The van der Waals surface area contributed by atoms with E-state index in [-0.39, 0.29) is 0 Å². The number of hydrogen-bond donors (Lipinski definition) is 1. The van der Waals surface area contributed by atoms with Gasteiger partial charge in [-0.3, -0.25) is 0 Å². The number of fused-ring (bicyclic) bond motifs is 1. The number of rotatable bonds is 6. The molecule has 18 heavy (non-hydrogen) atoms. The molecule has 1 N–H and O–H groups in total. The summed E-state index contributed by atoms with van der Waals surface area (Å²) in [5, 5.41) is 4.95. The lowest BCUT2D eigenvalue weighted by molar-refractivity contribution is 0.310. The molecule has 1 heterocycles. The van der Waals surface area contributed by atoms with E-state index in [1.165, 1.54) is 15.0 Å². The van der Waals surface area contributed by atoms with Gasteiger partial charge in [-0.15, -0.1) is 11.3 Å². The van der Waals surface area contributed by atoms with Crippen molar-refractivity contribution in [2.75, 3.05) is 20.1 Å². The number of nitrogens with one attached hydrogen (secondary N) is 1. The number of likely N-dealkylation sites (N-methyl/N-ethyl adjacent to an activating group) is 1. The Bertz CT molecular complexity index is 459. The molecule has 0 radical (unpaired) electrons. The van der Waals surface area contributed by atoms with Crippen LogP contribution in [0.2, 0.25) is 0 Å². The minimum absolute atomic E-state index is 0.528. The first kappa shape index (κ1) is 13.5. The molecule has 2 aromatic rings. The van der Waals surface area contributed by atoms with Crippen molar-refractivity contribution in [1.82, 2.24) is 10.2 Å². The Morgan fingerprint density at radius 1 is 1.33 bits per heavy atom. The Morgan fingerprint density at radius 2 is 2.11 bits per heavy atom. The minimum atomic E-state index is 0.528. The van der Waals surface area contributed by atoms with Crippen LogP contribution in [0.1, 0.15) is 18.7 Å². The van der Waals surface area contributed by atoms with E-state index in [0.717, 1.165) is 19.6 Å². The first-order valence-corrected chi connectivity index (χ1v) is 7.40. The van der Waals surface area contributed by atoms with E-state index in [9.17, 15) is 0 Å². The molecule has 1 atom stereocenters. The monoisotopic (exact) mass is 262 g/mol. The molecule has 0 fully saturated rings. The molecule has 0 aliphatic rings. The molecule has 0 aliphatic heterocycles. The number of thiophene rings is 1. The van der Waals surface area contributed by atoms with Crippen molar-refractivity contribution in [1.29, 1.82) is 0 Å². The summed E-state index contributed by atoms with van der Waals surface area (Å²) in [6.07, 6.45) is 0. The van der Waals surface area contributed by atoms with Crippen molar-refractivity contribution >= 4 is 21.4 Å². The van der Waals surface area contributed by atoms with Gasteiger partial charge in [0, 0.05) is 28.7 Å². The van der Waals surface area contributed by atoms with Crippen LogP contribution in [0.4, 0.5) is 0 Å². The fourth-order valence-electron chi connectivity index (χ4n) is 2.06. The molecule has 0 saturated heterocycles. The molecule has 0 aliphatic carbocycles. The van der Waals surface area contributed by atoms with Crippen molar-refractivity contribution in [2.45, 2.75) is 26.4 Å². The average Bonchev–Trinajstić information content (AvgIpc) is 2.79. The number of nitrogens with zero attached hydrogens (tertiary/aromatic N) is 1. The van der Waals surface area contributed by atoms with Gasteiger partial charge in [-0.1, -0.05) is 25.1 Å². The van der Waals surface area contributed by atoms with Crippen molar-refractivity contribution in [2.24, 2.45) is 0 Å². The van der Waals surface area contributed by atoms with Crippen LogP contribution in [0.5, 0.6) is 0 Å². The summed E-state index contributed by atoms with van der Waals surface area (Å²) in [5.41, 5.74) is 0. The topological polar surface area (TPSA) is 15.3 Å². The molecule has 0 bridgehead atoms. The summed E-state index contributed by atoms with van der Waals surface area (Å²) >= 11 is 1.89. The Balaban J connectivity index is 1.89. The van der Waals surface area contributed by atoms with Gasteiger partial charge >= 0.3 is 0 Å². The predicted octanol–water partition coefficient (Wildman–Crippen LogP) is 3.33. The van der Waals surface area contributed by atoms with Gasteiger partial charge < -0.3 is 10.2 Å². The van der Waals surface area contributed by atoms with Crippen LogP contribution < -0.4 is 5.32 Å². The SMILES string of the molecule is CCN(C)CC(C)NCc1cc2ccccc2s1. The van der Waals surface area contributed by atoms with Gasteiger partial charge in [-0.2, -0.15) is 0 Å². The zero-order chi connectivity index (χ0) is 13.0. The van der Waals surface area contributed by atoms with Crippen LogP contribution in [0, 0.1) is 0 Å². The highest BCUT2D eigenvalue weighted by molar-refractivity contribution is 7.19. The summed E-state index contributed by atoms with van der Waals surface area (Å²) in [5.74, 6) is 0. The molecule has 1 aromatic heterocycles. The lowest BCUT2D eigenvalue weighted by Gasteiger charge is -2.20. The maximum atomic E-state index is 3.59. The van der Waals surface area contributed by atoms with E-state index in [0.29, 0.717) is 6.04 Å². The van der Waals surface area contributed by atoms with Crippen LogP contribution in [0.3, 0.4) is 0 Å². The second kappa shape index (κ2) is 6.32. The van der Waals surface area contributed by atoms with E-state index >= 15 is 0 Å². The Kier molecular flexibility index (Phi) is 4.75. The molecule has 0 spiro atoms. The second-order valence-electron chi connectivity index (χ2n) is 4.89. The van der Waals surface area contributed by atoms with Gasteiger partial charge in [0.25, 0.3) is 0 Å². The molecule has 0 saturated carbocycles. The molecule has 3 heteroatoms. The molecule has 1 aromatic carbocycles. The van der Waals surface area contributed by atoms with E-state index < -0.39 is 0 Å². The highest BCUT2D eigenvalue weighted by Gasteiger charge is 2.06. The second-order valence-corrected chi connectivity index (χ2v) is 6.06. The van der Waals surface area contributed by atoms with Gasteiger partial charge in [-0.05, 0) is 38.0 Å². The predicted molar refractivity (Wildman–Crippen MR) is 81.3 cm³/mol. The third-order valence-corrected chi connectivity index (χ3v) is 4.34. The van der Waals surface area contributed by atoms with Crippen LogP contribution in [0.25, 0.3) is 10.1 Å². The average molecular weight is 262 g/mol. The van der Waals surface area contributed by atoms with Crippen molar-refractivity contribution in [3.05, 3.63) is 35.2 Å². The lowest BCUT2D eigenvalue weighted by atomic mass is 10.2. The molecular formula is C15H22N2S. The van der Waals surface area contributed by atoms with Crippen molar-refractivity contribution in [3.8, 4) is 0 Å². The summed E-state index contributed by atoms with van der Waals surface area (Å²) in [7, 11) is 2.16. The highest BCUT2D eigenvalue weighted by atomic mass is 32.1. The summed E-state index contributed by atoms with van der Waals surface area (Å²) < 4.78 is 1.38. The molecule has 0 amide bonds. The van der Waals surface area contributed by atoms with Crippen molar-refractivity contribution < 1.29 is 0 Å². The third-order valence-electron chi connectivity index (χ3n) is 3.23. The van der Waals surface area contributed by atoms with Crippen LogP contribution in [-0.4, -0.2) is 31.1 Å². The third kappa shape index (κ3) is 3.55. The Morgan fingerprint density at radius 3 is 2.83 bits per heavy atom. The zero-order valence-corrected chi connectivity index (χ0v) is 12.3. The fourth-order valence-corrected chi connectivity index (χ4v) is 3.08. The normalized spacial score (nSPS) is 13.3. The molecule has 2 nitrogen and oxygen atoms in total. The lowest BCUT2D eigenvalue weighted by Crippen LogP contribution is -2.36. The van der Waals surface area contributed by atoms with E-state index in [4.69, 9.17) is 0 Å². The van der Waals surface area contributed by atoms with Gasteiger partial charge in [0.15, 0.2) is 0 Å². The van der Waals surface area contributed by atoms with Gasteiger partial charge in [-0.25, -0.2) is 0 Å². The maximum Gasteiger partial charge on any atom is 0.0346 e. The van der Waals surface area contributed by atoms with Gasteiger partial charge in [0.05, 0.1) is 0 Å². The number of hydrogen-bond acceptors (Lipinski definition) is 3. The summed E-state index contributed by atoms with van der Waals surface area (Å²) in [6, 6.07) is 11.4. The Labute approximate surface area is 114 Å². The Hall–Kier alpha value is -0.900. The van der Waals surface area contributed by atoms with Crippen molar-refractivity contribution in [3.63, 3.8) is 0 Å². The molecular weight excluding hydrogens is 240 g/mol. The quantitative estimate of drug-likeness (QED) is 0.859. The van der Waals surface area contributed by atoms with Crippen LogP contribution in [-0.2, 0) is 6.54 Å². The van der Waals surface area contributed by atoms with E-state index in [1.807, 2.05) is 11.3 Å². The zero-order valence-electron chi connectivity index (χ0n) is 11.4. The number of benzene rings is 1. The highest BCUT2D eigenvalue weighted by Crippen LogP contribution is 2.24. The van der Waals surface area contributed by atoms with Crippen LogP contribution >= 0.6 is 11.3 Å². The largest absolute Gasteiger partial charge is 0.308 e. The molecule has 1 unspecified atom stereocenters. The molecule has 98 valence electrons. The van der Waals surface area contributed by atoms with E-state index in [2.05, 4.69) is 61.4 Å². The maximum absolute atomic E-state index is 3.59. The van der Waals surface area contributed by atoms with Gasteiger partial charge in [0.2, 0.25) is 0 Å². The van der Waals surface area contributed by atoms with Gasteiger partial charge in [0.1, 0.15) is 0 Å². The standard InChI is InChI=1S/C15H22N2S/c1-4-17(3)11-12(2)16-10-14-9-13-7-5-6-8-15(13)18-14/h5-9,12,16H,4,10-11H2,1-3H3. The first-order valence-electron chi connectivity index (χ1n) is 6.58. The summed E-state index contributed by atoms with van der Waals surface area (Å²) in [6.45, 7) is 7.62. The smallest absolute Gasteiger partial charge is 0.0346 e. The fraction of sp³-hybridized carbons (Fsp3) is 0.467. The van der Waals surface area contributed by atoms with Crippen LogP contribution in [0.15, 0.2) is 30.3 Å². The minimum Gasteiger partial charge on any atom is -0.308 e. The molecule has 2 rings (SSSR count).